The van der Waals surface area contributed by atoms with Gasteiger partial charge in [0.15, 0.2) is 0 Å². The summed E-state index contributed by atoms with van der Waals surface area (Å²) in [4.78, 5) is 16.2. The zero-order valence-corrected chi connectivity index (χ0v) is 11.5. The number of hydrogen-bond acceptors (Lipinski definition) is 2. The number of aromatic nitrogens is 1. The molecule has 2 rings (SSSR count). The molecule has 2 aromatic rings. The molecule has 0 radical (unpaired) electrons. The van der Waals surface area contributed by atoms with Crippen LogP contribution >= 0.6 is 0 Å². The summed E-state index contributed by atoms with van der Waals surface area (Å²) in [5.74, 6) is 0.190. The molecule has 19 heavy (non-hydrogen) atoms. The molecule has 0 bridgehead atoms. The van der Waals surface area contributed by atoms with E-state index >= 15 is 0 Å². The Morgan fingerprint density at radius 3 is 2.58 bits per heavy atom. The van der Waals surface area contributed by atoms with Gasteiger partial charge in [-0.1, -0.05) is 38.1 Å². The standard InChI is InChI=1S/C16H18N2O/c1-11(2)13-8-6-7-12(3)15(13)18-16(19)14-9-4-5-10-17-14/h4-11H,1-3H3,(H,18,19). The van der Waals surface area contributed by atoms with E-state index in [1.165, 1.54) is 0 Å². The minimum atomic E-state index is -0.170. The molecule has 3 heteroatoms. The van der Waals surface area contributed by atoms with Crippen molar-refractivity contribution in [3.63, 3.8) is 0 Å². The molecule has 1 N–H and O–H groups in total. The highest BCUT2D eigenvalue weighted by atomic mass is 16.1. The Kier molecular flexibility index (Phi) is 3.95. The van der Waals surface area contributed by atoms with Gasteiger partial charge >= 0.3 is 0 Å². The van der Waals surface area contributed by atoms with E-state index in [0.717, 1.165) is 16.8 Å². The summed E-state index contributed by atoms with van der Waals surface area (Å²) in [5.41, 5.74) is 3.54. The first-order chi connectivity index (χ1) is 9.09. The van der Waals surface area contributed by atoms with Gasteiger partial charge in [-0.25, -0.2) is 0 Å². The number of para-hydroxylation sites is 1. The van der Waals surface area contributed by atoms with Crippen LogP contribution in [0.5, 0.6) is 0 Å². The molecule has 3 nitrogen and oxygen atoms in total. The van der Waals surface area contributed by atoms with Gasteiger partial charge in [-0.2, -0.15) is 0 Å². The minimum Gasteiger partial charge on any atom is -0.320 e. The van der Waals surface area contributed by atoms with Crippen LogP contribution in [0.25, 0.3) is 0 Å². The van der Waals surface area contributed by atoms with Crippen LogP contribution in [0.1, 0.15) is 41.4 Å². The molecule has 0 spiro atoms. The topological polar surface area (TPSA) is 42.0 Å². The smallest absolute Gasteiger partial charge is 0.274 e. The second kappa shape index (κ2) is 5.65. The van der Waals surface area contributed by atoms with Crippen LogP contribution in [-0.4, -0.2) is 10.9 Å². The molecule has 1 heterocycles. The molecule has 0 aliphatic rings. The highest BCUT2D eigenvalue weighted by Crippen LogP contribution is 2.27. The number of nitrogens with one attached hydrogen (secondary N) is 1. The number of carbonyl (C=O) groups is 1. The van der Waals surface area contributed by atoms with Crippen LogP contribution in [0.4, 0.5) is 5.69 Å². The highest BCUT2D eigenvalue weighted by Gasteiger charge is 2.13. The predicted molar refractivity (Wildman–Crippen MR) is 77.5 cm³/mol. The van der Waals surface area contributed by atoms with Crippen LogP contribution in [-0.2, 0) is 0 Å². The Bertz CT molecular complexity index is 577. The van der Waals surface area contributed by atoms with Gasteiger partial charge in [-0.05, 0) is 36.1 Å². The van der Waals surface area contributed by atoms with Crippen molar-refractivity contribution in [1.82, 2.24) is 4.98 Å². The summed E-state index contributed by atoms with van der Waals surface area (Å²) in [6.07, 6.45) is 1.62. The van der Waals surface area contributed by atoms with Gasteiger partial charge in [-0.15, -0.1) is 0 Å². The molecule has 0 aliphatic heterocycles. The number of carbonyl (C=O) groups excluding carboxylic acids is 1. The fourth-order valence-corrected chi connectivity index (χ4v) is 2.02. The third-order valence-electron chi connectivity index (χ3n) is 3.06. The van der Waals surface area contributed by atoms with E-state index < -0.39 is 0 Å². The number of hydrogen-bond donors (Lipinski definition) is 1. The highest BCUT2D eigenvalue weighted by molar-refractivity contribution is 6.03. The number of benzene rings is 1. The molecule has 1 aromatic heterocycles. The number of anilines is 1. The van der Waals surface area contributed by atoms with E-state index in [1.807, 2.05) is 31.2 Å². The van der Waals surface area contributed by atoms with Crippen molar-refractivity contribution in [2.45, 2.75) is 26.7 Å². The number of nitrogens with zero attached hydrogens (tertiary/aromatic N) is 1. The minimum absolute atomic E-state index is 0.170. The van der Waals surface area contributed by atoms with Crippen molar-refractivity contribution in [1.29, 1.82) is 0 Å². The number of aryl methyl sites for hydroxylation is 1. The fourth-order valence-electron chi connectivity index (χ4n) is 2.02. The molecule has 1 aromatic carbocycles. The van der Waals surface area contributed by atoms with Crippen LogP contribution in [0, 0.1) is 6.92 Å². The summed E-state index contributed by atoms with van der Waals surface area (Å²) in [6.45, 7) is 6.23. The van der Waals surface area contributed by atoms with Gasteiger partial charge in [0.05, 0.1) is 0 Å². The fraction of sp³-hybridized carbons (Fsp3) is 0.250. The summed E-state index contributed by atoms with van der Waals surface area (Å²) in [5, 5.41) is 2.97. The monoisotopic (exact) mass is 254 g/mol. The van der Waals surface area contributed by atoms with Crippen molar-refractivity contribution < 1.29 is 4.79 Å². The van der Waals surface area contributed by atoms with Crippen LogP contribution in [0.3, 0.4) is 0 Å². The van der Waals surface area contributed by atoms with Crippen molar-refractivity contribution in [2.24, 2.45) is 0 Å². The first-order valence-electron chi connectivity index (χ1n) is 6.41. The van der Waals surface area contributed by atoms with Crippen LogP contribution in [0.2, 0.25) is 0 Å². The van der Waals surface area contributed by atoms with Crippen molar-refractivity contribution in [2.75, 3.05) is 5.32 Å². The maximum atomic E-state index is 12.2. The van der Waals surface area contributed by atoms with Crippen molar-refractivity contribution >= 4 is 11.6 Å². The Labute approximate surface area is 113 Å². The van der Waals surface area contributed by atoms with Gasteiger partial charge in [0.25, 0.3) is 5.91 Å². The summed E-state index contributed by atoms with van der Waals surface area (Å²) >= 11 is 0. The van der Waals surface area contributed by atoms with E-state index in [2.05, 4.69) is 24.1 Å². The second-order valence-corrected chi connectivity index (χ2v) is 4.86. The predicted octanol–water partition coefficient (Wildman–Crippen LogP) is 3.77. The third kappa shape index (κ3) is 2.99. The van der Waals surface area contributed by atoms with Gasteiger partial charge in [0.2, 0.25) is 0 Å². The largest absolute Gasteiger partial charge is 0.320 e. The maximum Gasteiger partial charge on any atom is 0.274 e. The Balaban J connectivity index is 2.31. The number of rotatable bonds is 3. The van der Waals surface area contributed by atoms with Crippen molar-refractivity contribution in [3.05, 3.63) is 59.4 Å². The molecule has 0 aliphatic carbocycles. The van der Waals surface area contributed by atoms with E-state index in [1.54, 1.807) is 18.3 Å². The maximum absolute atomic E-state index is 12.2. The van der Waals surface area contributed by atoms with Gasteiger partial charge in [0, 0.05) is 11.9 Å². The molecule has 0 unspecified atom stereocenters. The summed E-state index contributed by atoms with van der Waals surface area (Å²) in [6, 6.07) is 11.4. The first kappa shape index (κ1) is 13.3. The van der Waals surface area contributed by atoms with E-state index in [-0.39, 0.29) is 5.91 Å². The molecule has 98 valence electrons. The average molecular weight is 254 g/mol. The SMILES string of the molecule is Cc1cccc(C(C)C)c1NC(=O)c1ccccn1. The molecule has 0 saturated heterocycles. The van der Waals surface area contributed by atoms with Crippen LogP contribution in [0.15, 0.2) is 42.6 Å². The quantitative estimate of drug-likeness (QED) is 0.906. The molecule has 0 fully saturated rings. The Hall–Kier alpha value is -2.16. The van der Waals surface area contributed by atoms with Gasteiger partial charge in [0.1, 0.15) is 5.69 Å². The zero-order valence-electron chi connectivity index (χ0n) is 11.5. The van der Waals surface area contributed by atoms with E-state index in [0.29, 0.717) is 11.6 Å². The number of amides is 1. The summed E-state index contributed by atoms with van der Waals surface area (Å²) < 4.78 is 0. The van der Waals surface area contributed by atoms with Crippen LogP contribution < -0.4 is 5.32 Å². The molecule has 0 saturated carbocycles. The lowest BCUT2D eigenvalue weighted by Gasteiger charge is -2.16. The lowest BCUT2D eigenvalue weighted by molar-refractivity contribution is 0.102. The number of pyridine rings is 1. The van der Waals surface area contributed by atoms with E-state index in [9.17, 15) is 4.79 Å². The zero-order chi connectivity index (χ0) is 13.8. The van der Waals surface area contributed by atoms with Gasteiger partial charge in [-0.3, -0.25) is 9.78 Å². The van der Waals surface area contributed by atoms with E-state index in [4.69, 9.17) is 0 Å². The molecule has 0 atom stereocenters. The third-order valence-corrected chi connectivity index (χ3v) is 3.06. The summed E-state index contributed by atoms with van der Waals surface area (Å²) in [7, 11) is 0. The lowest BCUT2D eigenvalue weighted by Crippen LogP contribution is -2.16. The lowest BCUT2D eigenvalue weighted by atomic mass is 9.98. The Morgan fingerprint density at radius 2 is 1.95 bits per heavy atom. The average Bonchev–Trinajstić information content (AvgIpc) is 2.41. The molecular weight excluding hydrogens is 236 g/mol. The van der Waals surface area contributed by atoms with Crippen molar-refractivity contribution in [3.8, 4) is 0 Å². The van der Waals surface area contributed by atoms with Gasteiger partial charge < -0.3 is 5.32 Å². The second-order valence-electron chi connectivity index (χ2n) is 4.86. The molecular formula is C16H18N2O. The first-order valence-corrected chi connectivity index (χ1v) is 6.41. The normalized spacial score (nSPS) is 10.5. The molecule has 1 amide bonds. The Morgan fingerprint density at radius 1 is 1.16 bits per heavy atom.